The third-order valence-electron chi connectivity index (χ3n) is 3.90. The maximum absolute atomic E-state index is 12.4. The molecule has 3 rings (SSSR count). The van der Waals surface area contributed by atoms with Crippen molar-refractivity contribution < 1.29 is 9.53 Å². The van der Waals surface area contributed by atoms with Crippen LogP contribution in [0.15, 0.2) is 48.8 Å². The Morgan fingerprint density at radius 3 is 2.73 bits per heavy atom. The average Bonchev–Trinajstić information content (AvgIpc) is 3.08. The Morgan fingerprint density at radius 1 is 1.23 bits per heavy atom. The van der Waals surface area contributed by atoms with Crippen molar-refractivity contribution >= 4 is 17.2 Å². The third kappa shape index (κ3) is 4.46. The average molecular weight is 367 g/mol. The number of pyridine rings is 1. The van der Waals surface area contributed by atoms with Crippen LogP contribution in [0, 0.1) is 6.92 Å². The van der Waals surface area contributed by atoms with E-state index in [2.05, 4.69) is 46.5 Å². The maximum Gasteiger partial charge on any atom is 0.263 e. The van der Waals surface area contributed by atoms with Crippen LogP contribution in [0.1, 0.15) is 27.9 Å². The first kappa shape index (κ1) is 18.1. The Hall–Kier alpha value is -2.73. The molecule has 0 aliphatic heterocycles. The first-order valence-electron chi connectivity index (χ1n) is 8.55. The Bertz CT molecular complexity index is 861. The molecule has 5 nitrogen and oxygen atoms in total. The molecular weight excluding hydrogens is 346 g/mol. The van der Waals surface area contributed by atoms with Crippen molar-refractivity contribution in [2.24, 2.45) is 0 Å². The molecule has 0 saturated carbocycles. The van der Waals surface area contributed by atoms with Crippen LogP contribution in [-0.2, 0) is 6.42 Å². The molecule has 2 heterocycles. The molecular formula is C20H21N3O2S. The molecule has 3 aromatic rings. The molecule has 6 heteroatoms. The first-order chi connectivity index (χ1) is 12.7. The first-order valence-corrected chi connectivity index (χ1v) is 9.36. The molecule has 0 radical (unpaired) electrons. The number of thiazole rings is 1. The molecule has 0 unspecified atom stereocenters. The van der Waals surface area contributed by atoms with Gasteiger partial charge in [0.25, 0.3) is 5.91 Å². The second-order valence-corrected chi connectivity index (χ2v) is 6.78. The fourth-order valence-corrected chi connectivity index (χ4v) is 3.45. The number of nitrogens with one attached hydrogen (secondary N) is 1. The van der Waals surface area contributed by atoms with Gasteiger partial charge in [0.15, 0.2) is 0 Å². The standard InChI is InChI=1S/C20H21N3O2S/c1-3-15-6-8-16(9-7-15)20-23-14(2)18(26-20)19(24)22-11-12-25-17-5-4-10-21-13-17/h4-10,13H,3,11-12H2,1-2H3,(H,22,24). The largest absolute Gasteiger partial charge is 0.490 e. The van der Waals surface area contributed by atoms with E-state index in [1.807, 2.05) is 19.1 Å². The second kappa shape index (κ2) is 8.58. The van der Waals surface area contributed by atoms with Gasteiger partial charge in [-0.3, -0.25) is 9.78 Å². The van der Waals surface area contributed by atoms with Gasteiger partial charge in [-0.15, -0.1) is 11.3 Å². The van der Waals surface area contributed by atoms with Gasteiger partial charge < -0.3 is 10.1 Å². The van der Waals surface area contributed by atoms with Crippen LogP contribution in [0.2, 0.25) is 0 Å². The number of rotatable bonds is 7. The zero-order valence-corrected chi connectivity index (χ0v) is 15.7. The van der Waals surface area contributed by atoms with E-state index in [-0.39, 0.29) is 5.91 Å². The molecule has 26 heavy (non-hydrogen) atoms. The monoisotopic (exact) mass is 367 g/mol. The molecule has 1 N–H and O–H groups in total. The molecule has 0 bridgehead atoms. The van der Waals surface area contributed by atoms with E-state index in [0.717, 1.165) is 22.7 Å². The lowest BCUT2D eigenvalue weighted by molar-refractivity contribution is 0.0950. The molecule has 1 aromatic carbocycles. The molecule has 0 aliphatic carbocycles. The van der Waals surface area contributed by atoms with Crippen molar-refractivity contribution in [1.82, 2.24) is 15.3 Å². The number of carbonyl (C=O) groups excluding carboxylic acids is 1. The van der Waals surface area contributed by atoms with Crippen molar-refractivity contribution in [3.8, 4) is 16.3 Å². The molecule has 0 spiro atoms. The number of aryl methyl sites for hydroxylation is 2. The number of carbonyl (C=O) groups is 1. The molecule has 0 fully saturated rings. The molecule has 134 valence electrons. The van der Waals surface area contributed by atoms with Crippen molar-refractivity contribution in [1.29, 1.82) is 0 Å². The number of hydrogen-bond donors (Lipinski definition) is 1. The van der Waals surface area contributed by atoms with Crippen molar-refractivity contribution in [2.75, 3.05) is 13.2 Å². The lowest BCUT2D eigenvalue weighted by atomic mass is 10.1. The highest BCUT2D eigenvalue weighted by atomic mass is 32.1. The maximum atomic E-state index is 12.4. The van der Waals surface area contributed by atoms with Crippen molar-refractivity contribution in [3.05, 3.63) is 64.9 Å². The Labute approximate surface area is 157 Å². The molecule has 0 saturated heterocycles. The van der Waals surface area contributed by atoms with E-state index in [9.17, 15) is 4.79 Å². The number of aromatic nitrogens is 2. The SMILES string of the molecule is CCc1ccc(-c2nc(C)c(C(=O)NCCOc3cccnc3)s2)cc1. The Balaban J connectivity index is 1.58. The van der Waals surface area contributed by atoms with Crippen LogP contribution in [0.5, 0.6) is 5.75 Å². The predicted molar refractivity (Wildman–Crippen MR) is 104 cm³/mol. The zero-order chi connectivity index (χ0) is 18.4. The second-order valence-electron chi connectivity index (χ2n) is 5.78. The van der Waals surface area contributed by atoms with E-state index in [4.69, 9.17) is 4.74 Å². The summed E-state index contributed by atoms with van der Waals surface area (Å²) >= 11 is 1.41. The summed E-state index contributed by atoms with van der Waals surface area (Å²) in [6.07, 6.45) is 4.34. The lowest BCUT2D eigenvalue weighted by Crippen LogP contribution is -2.27. The minimum absolute atomic E-state index is 0.119. The summed E-state index contributed by atoms with van der Waals surface area (Å²) in [5.74, 6) is 0.569. The predicted octanol–water partition coefficient (Wildman–Crippen LogP) is 3.88. The fourth-order valence-electron chi connectivity index (χ4n) is 2.46. The highest BCUT2D eigenvalue weighted by molar-refractivity contribution is 7.17. The van der Waals surface area contributed by atoms with E-state index < -0.39 is 0 Å². The van der Waals surface area contributed by atoms with Crippen LogP contribution >= 0.6 is 11.3 Å². The van der Waals surface area contributed by atoms with Gasteiger partial charge in [-0.05, 0) is 31.0 Å². The zero-order valence-electron chi connectivity index (χ0n) is 14.9. The van der Waals surface area contributed by atoms with Crippen LogP contribution in [0.25, 0.3) is 10.6 Å². The van der Waals surface area contributed by atoms with Crippen molar-refractivity contribution in [2.45, 2.75) is 20.3 Å². The summed E-state index contributed by atoms with van der Waals surface area (Å²) in [6, 6.07) is 12.0. The number of amides is 1. The minimum atomic E-state index is -0.119. The van der Waals surface area contributed by atoms with Crippen molar-refractivity contribution in [3.63, 3.8) is 0 Å². The van der Waals surface area contributed by atoms with Gasteiger partial charge >= 0.3 is 0 Å². The summed E-state index contributed by atoms with van der Waals surface area (Å²) in [6.45, 7) is 4.80. The number of nitrogens with zero attached hydrogens (tertiary/aromatic N) is 2. The number of hydrogen-bond acceptors (Lipinski definition) is 5. The number of ether oxygens (including phenoxy) is 1. The van der Waals surface area contributed by atoms with Crippen LogP contribution in [0.4, 0.5) is 0 Å². The summed E-state index contributed by atoms with van der Waals surface area (Å²) in [5, 5.41) is 3.74. The lowest BCUT2D eigenvalue weighted by Gasteiger charge is -2.06. The van der Waals surface area contributed by atoms with Gasteiger partial charge in [-0.2, -0.15) is 0 Å². The normalized spacial score (nSPS) is 10.5. The smallest absolute Gasteiger partial charge is 0.263 e. The minimum Gasteiger partial charge on any atom is -0.490 e. The van der Waals surface area contributed by atoms with Crippen LogP contribution in [0.3, 0.4) is 0 Å². The van der Waals surface area contributed by atoms with Gasteiger partial charge in [0.05, 0.1) is 18.4 Å². The Kier molecular flexibility index (Phi) is 5.96. The highest BCUT2D eigenvalue weighted by Crippen LogP contribution is 2.28. The van der Waals surface area contributed by atoms with Crippen LogP contribution in [-0.4, -0.2) is 29.0 Å². The topological polar surface area (TPSA) is 64.1 Å². The van der Waals surface area contributed by atoms with Crippen LogP contribution < -0.4 is 10.1 Å². The molecule has 0 aliphatic rings. The van der Waals surface area contributed by atoms with E-state index in [1.165, 1.54) is 16.9 Å². The quantitative estimate of drug-likeness (QED) is 0.644. The highest BCUT2D eigenvalue weighted by Gasteiger charge is 2.15. The number of benzene rings is 1. The summed E-state index contributed by atoms with van der Waals surface area (Å²) < 4.78 is 5.53. The summed E-state index contributed by atoms with van der Waals surface area (Å²) in [7, 11) is 0. The van der Waals surface area contributed by atoms with E-state index >= 15 is 0 Å². The van der Waals surface area contributed by atoms with Gasteiger partial charge in [0.1, 0.15) is 22.2 Å². The van der Waals surface area contributed by atoms with Gasteiger partial charge in [-0.25, -0.2) is 4.98 Å². The summed E-state index contributed by atoms with van der Waals surface area (Å²) in [4.78, 5) is 21.6. The van der Waals surface area contributed by atoms with E-state index in [1.54, 1.807) is 12.4 Å². The van der Waals surface area contributed by atoms with Gasteiger partial charge in [0.2, 0.25) is 0 Å². The molecule has 1 amide bonds. The third-order valence-corrected chi connectivity index (χ3v) is 5.11. The fraction of sp³-hybridized carbons (Fsp3) is 0.250. The van der Waals surface area contributed by atoms with Gasteiger partial charge in [-0.1, -0.05) is 31.2 Å². The molecule has 2 aromatic heterocycles. The summed E-state index contributed by atoms with van der Waals surface area (Å²) in [5.41, 5.74) is 3.07. The molecule has 0 atom stereocenters. The Morgan fingerprint density at radius 2 is 2.04 bits per heavy atom. The van der Waals surface area contributed by atoms with Gasteiger partial charge in [0, 0.05) is 11.8 Å². The van der Waals surface area contributed by atoms with E-state index in [0.29, 0.717) is 23.8 Å².